The zero-order valence-corrected chi connectivity index (χ0v) is 42.1. The standard InChI is InChI=1S/C44H72O36/c1-9(51)66-8-16-37-23(58)30(65)44(73-16)79-36-15(7-50)71-42(28(63)21(36)56)77-34-13(5-48)69-40(26(61)19(34)54)75-32-11(3-46)67-38(24(59)17(32)52)74-31-10(2-45)68-39(25(60)18(31)53)76-33-12(4-47)70-41(27(62)20(33)55)78-35-14(6-49)72-43(80-37)29(64)22(35)57/h10-50,52-65H,2-8H2,1H3/t10-,11-,12-,13-,14-,15-,16-,17-,18-,19-,20-,21-,22-,23-,24-,25-,26-,27-,28-,29-,30-,31-,32-,33-,34-,35-,36-,37-,38?,39?,40?,41?,42?,43?,44?/m1/s1. The molecule has 80 heavy (non-hydrogen) atoms. The van der Waals surface area contributed by atoms with Gasteiger partial charge >= 0.3 is 5.97 Å². The quantitative estimate of drug-likeness (QED) is 0.100. The Balaban J connectivity index is 1.09. The lowest BCUT2D eigenvalue weighted by Crippen LogP contribution is -2.68. The van der Waals surface area contributed by atoms with Crippen molar-refractivity contribution in [3.05, 3.63) is 0 Å². The second-order valence-corrected chi connectivity index (χ2v) is 20.3. The van der Waals surface area contributed by atoms with Gasteiger partial charge in [0.1, 0.15) is 178 Å². The molecule has 21 saturated heterocycles. The minimum Gasteiger partial charge on any atom is -0.463 e. The average Bonchev–Trinajstić information content (AvgIpc) is 3.54. The largest absolute Gasteiger partial charge is 0.463 e. The Morgan fingerprint density at radius 2 is 0.412 bits per heavy atom. The van der Waals surface area contributed by atoms with E-state index in [1.165, 1.54) is 0 Å². The zero-order chi connectivity index (χ0) is 58.3. The summed E-state index contributed by atoms with van der Waals surface area (Å²) in [4.78, 5) is 12.0. The smallest absolute Gasteiger partial charge is 0.302 e. The molecule has 21 fully saturated rings. The van der Waals surface area contributed by atoms with E-state index in [-0.39, 0.29) is 0 Å². The van der Waals surface area contributed by atoms with Crippen LogP contribution in [0.15, 0.2) is 0 Å². The van der Waals surface area contributed by atoms with Crippen molar-refractivity contribution in [2.75, 3.05) is 46.2 Å². The average molecular weight is 1180 g/mol. The van der Waals surface area contributed by atoms with Gasteiger partial charge in [-0.2, -0.15) is 0 Å². The minimum atomic E-state index is -2.24. The molecule has 21 rings (SSSR count). The molecule has 0 aromatic carbocycles. The SMILES string of the molecule is CC(=O)OC[C@H]1OC2O[C@H]3[C@H](O)[C@@H](O)C(O[C@H]4[C@H](O)[C@@H](O)C(O[C@H]5[C@H](O)[C@@H](O)C(O[C@H]6[C@H](O)[C@@H](O)C(O[C@H]7[C@H](O)[C@@H](O)C(O[C@H]8[C@H](O)[C@@H](O)C(O[C@H]1[C@H](O)[C@H]2O)O[C@@H]8CO)O[C@@H]7CO)O[C@@H]6CO)O[C@@H]5CO)O[C@@H]4CO)O[C@@H]3CO. The van der Waals surface area contributed by atoms with Gasteiger partial charge in [-0.05, 0) is 0 Å². The summed E-state index contributed by atoms with van der Waals surface area (Å²) in [5.41, 5.74) is 0. The van der Waals surface area contributed by atoms with E-state index in [0.717, 1.165) is 6.92 Å². The first kappa shape index (κ1) is 64.1. The lowest BCUT2D eigenvalue weighted by Gasteiger charge is -2.50. The molecule has 36 heteroatoms. The zero-order valence-electron chi connectivity index (χ0n) is 42.1. The Kier molecular flexibility index (Phi) is 21.8. The van der Waals surface area contributed by atoms with Gasteiger partial charge in [-0.15, -0.1) is 0 Å². The van der Waals surface area contributed by atoms with Crippen LogP contribution < -0.4 is 0 Å². The van der Waals surface area contributed by atoms with Gasteiger partial charge in [0.25, 0.3) is 0 Å². The van der Waals surface area contributed by atoms with Crippen LogP contribution in [0.5, 0.6) is 0 Å². The van der Waals surface area contributed by atoms with E-state index in [9.17, 15) is 107 Å². The second-order valence-electron chi connectivity index (χ2n) is 20.3. The maximum atomic E-state index is 12.0. The van der Waals surface area contributed by atoms with Crippen molar-refractivity contribution < 1.29 is 178 Å². The van der Waals surface area contributed by atoms with Gasteiger partial charge in [0.15, 0.2) is 44.0 Å². The number of rotatable bonds is 8. The molecule has 21 aliphatic heterocycles. The Bertz CT molecular complexity index is 1930. The van der Waals surface area contributed by atoms with Crippen LogP contribution in [-0.4, -0.2) is 369 Å². The first-order valence-electron chi connectivity index (χ1n) is 25.5. The Morgan fingerprint density at radius 1 is 0.263 bits per heavy atom. The summed E-state index contributed by atoms with van der Waals surface area (Å²) in [6.45, 7) is -6.19. The summed E-state index contributed by atoms with van der Waals surface area (Å²) in [5.74, 6) is -0.917. The summed E-state index contributed by atoms with van der Waals surface area (Å²) in [6, 6.07) is 0. The number of carbonyl (C=O) groups is 1. The topological polar surface area (TPSA) is 560 Å². The third kappa shape index (κ3) is 12.8. The number of carbonyl (C=O) groups excluding carboxylic acids is 1. The molecule has 0 aromatic rings. The van der Waals surface area contributed by atoms with Gasteiger partial charge in [0, 0.05) is 6.92 Å². The van der Waals surface area contributed by atoms with Crippen LogP contribution in [0, 0.1) is 0 Å². The van der Waals surface area contributed by atoms with Crippen molar-refractivity contribution >= 4 is 5.97 Å². The fourth-order valence-corrected chi connectivity index (χ4v) is 10.6. The van der Waals surface area contributed by atoms with Crippen LogP contribution in [0.4, 0.5) is 0 Å². The van der Waals surface area contributed by atoms with E-state index < -0.39 is 267 Å². The normalized spacial score (nSPS) is 53.6. The van der Waals surface area contributed by atoms with Crippen molar-refractivity contribution in [2.24, 2.45) is 0 Å². The first-order chi connectivity index (χ1) is 38.0. The molecule has 0 spiro atoms. The van der Waals surface area contributed by atoms with E-state index in [1.807, 2.05) is 0 Å². The van der Waals surface area contributed by atoms with Gasteiger partial charge in [-0.25, -0.2) is 0 Å². The van der Waals surface area contributed by atoms with Crippen LogP contribution in [-0.2, 0) is 75.8 Å². The molecule has 7 unspecified atom stereocenters. The van der Waals surface area contributed by atoms with Crippen molar-refractivity contribution in [3.8, 4) is 0 Å². The molecule has 14 bridgehead atoms. The Hall–Kier alpha value is -1.89. The van der Waals surface area contributed by atoms with Crippen molar-refractivity contribution in [1.29, 1.82) is 0 Å². The summed E-state index contributed by atoms with van der Waals surface area (Å²) in [7, 11) is 0. The molecule has 36 nitrogen and oxygen atoms in total. The minimum absolute atomic E-state index is 0.815. The van der Waals surface area contributed by atoms with E-state index in [4.69, 9.17) is 71.1 Å². The maximum absolute atomic E-state index is 12.0. The fraction of sp³-hybridized carbons (Fsp3) is 0.977. The number of hydrogen-bond acceptors (Lipinski definition) is 36. The van der Waals surface area contributed by atoms with Crippen LogP contribution in [0.2, 0.25) is 0 Å². The van der Waals surface area contributed by atoms with E-state index >= 15 is 0 Å². The molecule has 0 radical (unpaired) electrons. The molecule has 0 amide bonds. The molecule has 35 atom stereocenters. The molecule has 21 aliphatic rings. The van der Waals surface area contributed by atoms with Crippen LogP contribution in [0.1, 0.15) is 6.92 Å². The van der Waals surface area contributed by atoms with E-state index in [1.54, 1.807) is 0 Å². The Morgan fingerprint density at radius 3 is 0.562 bits per heavy atom. The predicted octanol–water partition coefficient (Wildman–Crippen LogP) is -14.7. The summed E-state index contributed by atoms with van der Waals surface area (Å²) < 4.78 is 85.1. The Labute approximate surface area is 451 Å². The highest BCUT2D eigenvalue weighted by atomic mass is 16.8. The van der Waals surface area contributed by atoms with Crippen LogP contribution in [0.25, 0.3) is 0 Å². The maximum Gasteiger partial charge on any atom is 0.302 e. The summed E-state index contributed by atoms with van der Waals surface area (Å²) in [6.07, 6.45) is -70.9. The van der Waals surface area contributed by atoms with Crippen LogP contribution >= 0.6 is 0 Å². The molecule has 464 valence electrons. The van der Waals surface area contributed by atoms with E-state index in [0.29, 0.717) is 0 Å². The lowest BCUT2D eigenvalue weighted by atomic mass is 9.95. The van der Waals surface area contributed by atoms with Crippen molar-refractivity contribution in [3.63, 3.8) is 0 Å². The number of ether oxygens (including phenoxy) is 15. The third-order valence-corrected chi connectivity index (χ3v) is 15.1. The molecular formula is C44H72O36. The van der Waals surface area contributed by atoms with Gasteiger partial charge in [-0.3, -0.25) is 4.79 Å². The van der Waals surface area contributed by atoms with E-state index in [2.05, 4.69) is 0 Å². The predicted molar refractivity (Wildman–Crippen MR) is 238 cm³/mol. The molecule has 0 saturated carbocycles. The lowest BCUT2D eigenvalue weighted by molar-refractivity contribution is -0.396. The summed E-state index contributed by atoms with van der Waals surface area (Å²) >= 11 is 0. The highest BCUT2D eigenvalue weighted by molar-refractivity contribution is 5.65. The van der Waals surface area contributed by atoms with Gasteiger partial charge < -0.3 is 173 Å². The molecule has 21 heterocycles. The molecule has 20 N–H and O–H groups in total. The second kappa shape index (κ2) is 27.2. The van der Waals surface area contributed by atoms with Gasteiger partial charge in [0.05, 0.1) is 39.6 Å². The van der Waals surface area contributed by atoms with Crippen LogP contribution in [0.3, 0.4) is 0 Å². The number of aliphatic hydroxyl groups excluding tert-OH is 20. The molecule has 0 aromatic heterocycles. The summed E-state index contributed by atoms with van der Waals surface area (Å²) in [5, 5.41) is 221. The monoisotopic (exact) mass is 1180 g/mol. The third-order valence-electron chi connectivity index (χ3n) is 15.1. The number of aliphatic hydroxyl groups is 20. The highest BCUT2D eigenvalue weighted by Gasteiger charge is 2.59. The highest BCUT2D eigenvalue weighted by Crippen LogP contribution is 2.39. The fourth-order valence-electron chi connectivity index (χ4n) is 10.6. The molecular weight excluding hydrogens is 1100 g/mol. The number of esters is 1. The van der Waals surface area contributed by atoms with Crippen molar-refractivity contribution in [1.82, 2.24) is 0 Å². The van der Waals surface area contributed by atoms with Gasteiger partial charge in [-0.1, -0.05) is 0 Å². The molecule has 0 aliphatic carbocycles. The first-order valence-corrected chi connectivity index (χ1v) is 25.5. The van der Waals surface area contributed by atoms with Gasteiger partial charge in [0.2, 0.25) is 0 Å². The number of hydrogen-bond donors (Lipinski definition) is 20. The van der Waals surface area contributed by atoms with Crippen molar-refractivity contribution in [2.45, 2.75) is 222 Å².